The third kappa shape index (κ3) is 1.14. The molecule has 1 rings (SSSR count). The maximum Gasteiger partial charge on any atom is 0.331 e. The van der Waals surface area contributed by atoms with Crippen LogP contribution in [0, 0.1) is 0 Å². The first kappa shape index (κ1) is 6.78. The van der Waals surface area contributed by atoms with Crippen molar-refractivity contribution >= 4 is 11.9 Å². The molecule has 3 heteroatoms. The number of hydrogen-bond donors (Lipinski definition) is 1. The molecule has 1 aliphatic carbocycles. The second kappa shape index (κ2) is 2.50. The van der Waals surface area contributed by atoms with E-state index >= 15 is 0 Å². The van der Waals surface area contributed by atoms with Gasteiger partial charge in [-0.2, -0.15) is 0 Å². The Labute approximate surface area is 57.7 Å². The Morgan fingerprint density at radius 3 is 2.60 bits per heavy atom. The van der Waals surface area contributed by atoms with Crippen molar-refractivity contribution < 1.29 is 14.7 Å². The smallest absolute Gasteiger partial charge is 0.331 e. The summed E-state index contributed by atoms with van der Waals surface area (Å²) < 4.78 is 0. The van der Waals surface area contributed by atoms with Gasteiger partial charge in [0.05, 0.1) is 0 Å². The maximum absolute atomic E-state index is 10.3. The van der Waals surface area contributed by atoms with Crippen LogP contribution in [0.2, 0.25) is 0 Å². The van der Waals surface area contributed by atoms with Crippen LogP contribution in [0.5, 0.6) is 0 Å². The van der Waals surface area contributed by atoms with E-state index in [0.29, 0.717) is 24.0 Å². The molecule has 0 aromatic carbocycles. The highest BCUT2D eigenvalue weighted by Gasteiger charge is 2.15. The van der Waals surface area contributed by atoms with E-state index in [2.05, 4.69) is 0 Å². The average molecular weight is 138 g/mol. The van der Waals surface area contributed by atoms with Crippen molar-refractivity contribution in [2.24, 2.45) is 0 Å². The van der Waals surface area contributed by atoms with Crippen molar-refractivity contribution in [1.82, 2.24) is 0 Å². The number of carboxylic acid groups (broad SMARTS) is 1. The number of hydrogen-bond acceptors (Lipinski definition) is 2. The lowest BCUT2D eigenvalue weighted by Gasteiger charge is -1.86. The molecule has 0 heterocycles. The maximum atomic E-state index is 10.3. The van der Waals surface area contributed by atoms with Crippen LogP contribution in [-0.4, -0.2) is 17.0 Å². The number of allylic oxidation sites excluding steroid dienone is 2. The van der Waals surface area contributed by atoms with Crippen molar-refractivity contribution in [3.63, 3.8) is 0 Å². The standard InChI is InChI=1S/C7H6O3/c8-4-5-1-2-6(3-5)7(9)10/h3H,1-2H2,(H,9,10). The lowest BCUT2D eigenvalue weighted by atomic mass is 10.2. The molecule has 3 nitrogen and oxygen atoms in total. The van der Waals surface area contributed by atoms with Gasteiger partial charge in [0.15, 0.2) is 0 Å². The highest BCUT2D eigenvalue weighted by atomic mass is 16.4. The van der Waals surface area contributed by atoms with Crippen LogP contribution in [0.15, 0.2) is 17.2 Å². The summed E-state index contributed by atoms with van der Waals surface area (Å²) in [6.45, 7) is 0. The Morgan fingerprint density at radius 2 is 2.30 bits per heavy atom. The zero-order valence-corrected chi connectivity index (χ0v) is 5.26. The minimum Gasteiger partial charge on any atom is -0.478 e. The first-order chi connectivity index (χ1) is 4.74. The molecule has 0 atom stereocenters. The normalized spacial score (nSPS) is 16.4. The summed E-state index contributed by atoms with van der Waals surface area (Å²) in [6, 6.07) is 0. The number of carbonyl (C=O) groups excluding carboxylic acids is 1. The van der Waals surface area contributed by atoms with Gasteiger partial charge < -0.3 is 5.11 Å². The molecule has 1 aliphatic rings. The number of carboxylic acids is 1. The molecule has 0 spiro atoms. The van der Waals surface area contributed by atoms with Crippen LogP contribution in [-0.2, 0) is 9.59 Å². The molecule has 10 heavy (non-hydrogen) atoms. The summed E-state index contributed by atoms with van der Waals surface area (Å²) in [4.78, 5) is 20.2. The molecule has 0 aromatic heterocycles. The van der Waals surface area contributed by atoms with E-state index in [1.165, 1.54) is 6.08 Å². The molecule has 0 saturated carbocycles. The van der Waals surface area contributed by atoms with Crippen LogP contribution in [0.3, 0.4) is 0 Å². The summed E-state index contributed by atoms with van der Waals surface area (Å²) >= 11 is 0. The highest BCUT2D eigenvalue weighted by Crippen LogP contribution is 2.20. The van der Waals surface area contributed by atoms with Gasteiger partial charge in [0.25, 0.3) is 0 Å². The van der Waals surface area contributed by atoms with Crippen LogP contribution in [0.4, 0.5) is 0 Å². The first-order valence-corrected chi connectivity index (χ1v) is 2.92. The number of rotatable bonds is 1. The molecule has 0 radical (unpaired) electrons. The fourth-order valence-corrected chi connectivity index (χ4v) is 0.873. The summed E-state index contributed by atoms with van der Waals surface area (Å²) in [5.41, 5.74) is 0.760. The molecule has 0 amide bonds. The summed E-state index contributed by atoms with van der Waals surface area (Å²) in [6.07, 6.45) is 2.36. The number of aliphatic carboxylic acids is 1. The van der Waals surface area contributed by atoms with Crippen LogP contribution in [0.1, 0.15) is 12.8 Å². The Balaban J connectivity index is 2.85. The van der Waals surface area contributed by atoms with E-state index in [0.717, 1.165) is 0 Å². The van der Waals surface area contributed by atoms with E-state index in [-0.39, 0.29) is 0 Å². The van der Waals surface area contributed by atoms with Gasteiger partial charge in [-0.25, -0.2) is 9.59 Å². The molecule has 0 aromatic rings. The van der Waals surface area contributed by atoms with E-state index in [4.69, 9.17) is 5.11 Å². The molecule has 0 saturated heterocycles. The average Bonchev–Trinajstić information content (AvgIpc) is 2.34. The van der Waals surface area contributed by atoms with Gasteiger partial charge in [-0.15, -0.1) is 0 Å². The Bertz CT molecular complexity index is 244. The van der Waals surface area contributed by atoms with Crippen molar-refractivity contribution in [2.75, 3.05) is 0 Å². The van der Waals surface area contributed by atoms with Gasteiger partial charge in [0.1, 0.15) is 5.94 Å². The molecule has 0 aliphatic heterocycles. The van der Waals surface area contributed by atoms with E-state index in [1.807, 2.05) is 0 Å². The molecular formula is C7H6O3. The van der Waals surface area contributed by atoms with Crippen LogP contribution in [0.25, 0.3) is 0 Å². The van der Waals surface area contributed by atoms with Crippen molar-refractivity contribution in [1.29, 1.82) is 0 Å². The van der Waals surface area contributed by atoms with Gasteiger partial charge >= 0.3 is 5.97 Å². The van der Waals surface area contributed by atoms with Crippen molar-refractivity contribution in [2.45, 2.75) is 12.8 Å². The zero-order chi connectivity index (χ0) is 7.56. The Hall–Kier alpha value is -1.34. The van der Waals surface area contributed by atoms with Gasteiger partial charge in [-0.1, -0.05) is 0 Å². The van der Waals surface area contributed by atoms with Gasteiger partial charge in [0.2, 0.25) is 0 Å². The van der Waals surface area contributed by atoms with E-state index in [9.17, 15) is 9.59 Å². The fraction of sp³-hybridized carbons (Fsp3) is 0.286. The third-order valence-electron chi connectivity index (χ3n) is 1.42. The monoisotopic (exact) mass is 138 g/mol. The van der Waals surface area contributed by atoms with E-state index in [1.54, 1.807) is 5.94 Å². The zero-order valence-electron chi connectivity index (χ0n) is 5.26. The minimum atomic E-state index is -0.940. The summed E-state index contributed by atoms with van der Waals surface area (Å²) in [5.74, 6) is 0.736. The van der Waals surface area contributed by atoms with E-state index < -0.39 is 5.97 Å². The lowest BCUT2D eigenvalue weighted by Crippen LogP contribution is -1.95. The SMILES string of the molecule is O=C=C1C=C(C(=O)O)CC1. The summed E-state index contributed by atoms with van der Waals surface area (Å²) in [7, 11) is 0. The predicted molar refractivity (Wildman–Crippen MR) is 34.2 cm³/mol. The number of carbonyl (C=O) groups is 1. The van der Waals surface area contributed by atoms with Gasteiger partial charge in [0, 0.05) is 11.1 Å². The molecule has 0 fully saturated rings. The van der Waals surface area contributed by atoms with Crippen molar-refractivity contribution in [3.05, 3.63) is 17.2 Å². The molecule has 0 bridgehead atoms. The lowest BCUT2D eigenvalue weighted by molar-refractivity contribution is -0.132. The molecule has 0 unspecified atom stereocenters. The topological polar surface area (TPSA) is 54.4 Å². The van der Waals surface area contributed by atoms with Crippen LogP contribution < -0.4 is 0 Å². The first-order valence-electron chi connectivity index (χ1n) is 2.92. The predicted octanol–water partition coefficient (Wildman–Crippen LogP) is 0.549. The quantitative estimate of drug-likeness (QED) is 0.538. The summed E-state index contributed by atoms with van der Waals surface area (Å²) in [5, 5.41) is 8.42. The second-order valence-electron chi connectivity index (χ2n) is 2.10. The largest absolute Gasteiger partial charge is 0.478 e. The van der Waals surface area contributed by atoms with Crippen molar-refractivity contribution in [3.8, 4) is 0 Å². The molecule has 52 valence electrons. The molecule has 1 N–H and O–H groups in total. The van der Waals surface area contributed by atoms with Gasteiger partial charge in [-0.05, 0) is 18.9 Å². The minimum absolute atomic E-state index is 0.304. The molecular weight excluding hydrogens is 132 g/mol. The fourth-order valence-electron chi connectivity index (χ4n) is 0.873. The van der Waals surface area contributed by atoms with Gasteiger partial charge in [-0.3, -0.25) is 0 Å². The van der Waals surface area contributed by atoms with Crippen LogP contribution >= 0.6 is 0 Å². The Morgan fingerprint density at radius 1 is 1.60 bits per heavy atom. The highest BCUT2D eigenvalue weighted by molar-refractivity contribution is 5.89. The third-order valence-corrected chi connectivity index (χ3v) is 1.42. The Kier molecular flexibility index (Phi) is 1.69. The second-order valence-corrected chi connectivity index (χ2v) is 2.10.